The molecule has 0 radical (unpaired) electrons. The molecule has 1 atom stereocenters. The molecular formula is C15H28O4S. The fourth-order valence-electron chi connectivity index (χ4n) is 2.26. The zero-order valence-corrected chi connectivity index (χ0v) is 13.1. The van der Waals surface area contributed by atoms with E-state index in [4.69, 9.17) is 10.2 Å². The summed E-state index contributed by atoms with van der Waals surface area (Å²) in [7, 11) is 0. The zero-order valence-electron chi connectivity index (χ0n) is 12.2. The highest BCUT2D eigenvalue weighted by Crippen LogP contribution is 2.16. The topological polar surface area (TPSA) is 74.6 Å². The van der Waals surface area contributed by atoms with Crippen LogP contribution < -0.4 is 0 Å². The molecule has 0 aliphatic carbocycles. The molecular weight excluding hydrogens is 276 g/mol. The fourth-order valence-corrected chi connectivity index (χ4v) is 2.49. The molecule has 4 nitrogen and oxygen atoms in total. The van der Waals surface area contributed by atoms with E-state index in [1.165, 1.54) is 38.5 Å². The van der Waals surface area contributed by atoms with Gasteiger partial charge >= 0.3 is 11.9 Å². The third-order valence-corrected chi connectivity index (χ3v) is 3.80. The van der Waals surface area contributed by atoms with Gasteiger partial charge in [0, 0.05) is 0 Å². The predicted octanol–water partition coefficient (Wildman–Crippen LogP) is 3.99. The monoisotopic (exact) mass is 304 g/mol. The standard InChI is InChI=1S/C15H28O4S/c16-14(17)12-13(15(18)19)10-8-6-4-2-1-3-5-7-9-11-20/h13,20H,1-12H2,(H,16,17)(H,18,19). The summed E-state index contributed by atoms with van der Waals surface area (Å²) in [5, 5.41) is 17.5. The Labute approximate surface area is 127 Å². The van der Waals surface area contributed by atoms with Gasteiger partial charge < -0.3 is 10.2 Å². The maximum absolute atomic E-state index is 10.9. The van der Waals surface area contributed by atoms with Gasteiger partial charge in [-0.2, -0.15) is 12.6 Å². The van der Waals surface area contributed by atoms with Crippen LogP contribution in [0.3, 0.4) is 0 Å². The minimum Gasteiger partial charge on any atom is -0.481 e. The largest absolute Gasteiger partial charge is 0.481 e. The lowest BCUT2D eigenvalue weighted by Gasteiger charge is -2.09. The predicted molar refractivity (Wildman–Crippen MR) is 83.4 cm³/mol. The summed E-state index contributed by atoms with van der Waals surface area (Å²) in [6.45, 7) is 0. The van der Waals surface area contributed by atoms with Crippen molar-refractivity contribution in [2.24, 2.45) is 5.92 Å². The van der Waals surface area contributed by atoms with E-state index >= 15 is 0 Å². The highest BCUT2D eigenvalue weighted by atomic mass is 32.1. The number of carbonyl (C=O) groups is 2. The Morgan fingerprint density at radius 1 is 0.800 bits per heavy atom. The van der Waals surface area contributed by atoms with E-state index in [2.05, 4.69) is 12.6 Å². The highest BCUT2D eigenvalue weighted by molar-refractivity contribution is 7.80. The number of hydrogen-bond donors (Lipinski definition) is 3. The minimum absolute atomic E-state index is 0.263. The summed E-state index contributed by atoms with van der Waals surface area (Å²) < 4.78 is 0. The van der Waals surface area contributed by atoms with Gasteiger partial charge in [-0.1, -0.05) is 51.4 Å². The molecule has 0 heterocycles. The second kappa shape index (κ2) is 13.3. The minimum atomic E-state index is -1.03. The normalized spacial score (nSPS) is 12.2. The van der Waals surface area contributed by atoms with Crippen molar-refractivity contribution in [1.29, 1.82) is 0 Å². The Balaban J connectivity index is 3.41. The van der Waals surface area contributed by atoms with E-state index in [-0.39, 0.29) is 6.42 Å². The molecule has 5 heteroatoms. The van der Waals surface area contributed by atoms with Crippen molar-refractivity contribution in [1.82, 2.24) is 0 Å². The van der Waals surface area contributed by atoms with Gasteiger partial charge in [0.05, 0.1) is 12.3 Å². The van der Waals surface area contributed by atoms with E-state index < -0.39 is 17.9 Å². The number of unbranched alkanes of at least 4 members (excludes halogenated alkanes) is 8. The van der Waals surface area contributed by atoms with Crippen molar-refractivity contribution in [3.8, 4) is 0 Å². The van der Waals surface area contributed by atoms with Gasteiger partial charge in [0.25, 0.3) is 0 Å². The second-order valence-corrected chi connectivity index (χ2v) is 5.77. The Morgan fingerprint density at radius 3 is 1.65 bits per heavy atom. The van der Waals surface area contributed by atoms with Crippen LogP contribution in [-0.4, -0.2) is 27.9 Å². The van der Waals surface area contributed by atoms with Gasteiger partial charge in [-0.15, -0.1) is 0 Å². The number of carboxylic acid groups (broad SMARTS) is 2. The molecule has 0 aromatic heterocycles. The van der Waals surface area contributed by atoms with Crippen LogP contribution in [0.4, 0.5) is 0 Å². The summed E-state index contributed by atoms with van der Waals surface area (Å²) in [5.74, 6) is -1.77. The van der Waals surface area contributed by atoms with E-state index in [0.29, 0.717) is 6.42 Å². The third kappa shape index (κ3) is 12.3. The van der Waals surface area contributed by atoms with Crippen LogP contribution in [0.2, 0.25) is 0 Å². The van der Waals surface area contributed by atoms with Crippen molar-refractivity contribution in [3.05, 3.63) is 0 Å². The van der Waals surface area contributed by atoms with Gasteiger partial charge in [-0.25, -0.2) is 0 Å². The zero-order chi connectivity index (χ0) is 15.2. The van der Waals surface area contributed by atoms with Gasteiger partial charge in [0.1, 0.15) is 0 Å². The molecule has 118 valence electrons. The van der Waals surface area contributed by atoms with Gasteiger partial charge in [-0.3, -0.25) is 9.59 Å². The van der Waals surface area contributed by atoms with Crippen molar-refractivity contribution in [3.63, 3.8) is 0 Å². The summed E-state index contributed by atoms with van der Waals surface area (Å²) in [6.07, 6.45) is 10.6. The average molecular weight is 304 g/mol. The summed E-state index contributed by atoms with van der Waals surface area (Å²) in [5.41, 5.74) is 0. The van der Waals surface area contributed by atoms with Crippen LogP contribution in [0.25, 0.3) is 0 Å². The van der Waals surface area contributed by atoms with Gasteiger partial charge in [-0.05, 0) is 18.6 Å². The highest BCUT2D eigenvalue weighted by Gasteiger charge is 2.19. The van der Waals surface area contributed by atoms with Crippen LogP contribution in [0.5, 0.6) is 0 Å². The number of rotatable bonds is 14. The number of aliphatic carboxylic acids is 2. The Bertz CT molecular complexity index is 269. The lowest BCUT2D eigenvalue weighted by molar-refractivity contribution is -0.148. The molecule has 0 spiro atoms. The quantitative estimate of drug-likeness (QED) is 0.335. The first-order chi connectivity index (χ1) is 9.57. The first-order valence-corrected chi connectivity index (χ1v) is 8.26. The lowest BCUT2D eigenvalue weighted by atomic mass is 9.97. The third-order valence-electron chi connectivity index (χ3n) is 3.48. The molecule has 0 bridgehead atoms. The van der Waals surface area contributed by atoms with Crippen LogP contribution in [-0.2, 0) is 9.59 Å². The van der Waals surface area contributed by atoms with Crippen LogP contribution in [0.1, 0.15) is 70.6 Å². The van der Waals surface area contributed by atoms with Crippen molar-refractivity contribution in [2.75, 3.05) is 5.75 Å². The number of thiol groups is 1. The molecule has 0 fully saturated rings. The van der Waals surface area contributed by atoms with Gasteiger partial charge in [0.15, 0.2) is 0 Å². The molecule has 0 amide bonds. The molecule has 0 aromatic carbocycles. The summed E-state index contributed by atoms with van der Waals surface area (Å²) in [4.78, 5) is 21.4. The molecule has 0 saturated carbocycles. The van der Waals surface area contributed by atoms with Crippen LogP contribution >= 0.6 is 12.6 Å². The molecule has 0 aliphatic heterocycles. The lowest BCUT2D eigenvalue weighted by Crippen LogP contribution is -2.17. The Morgan fingerprint density at radius 2 is 1.25 bits per heavy atom. The van der Waals surface area contributed by atoms with Crippen molar-refractivity contribution >= 4 is 24.6 Å². The molecule has 0 aromatic rings. The molecule has 0 saturated heterocycles. The van der Waals surface area contributed by atoms with E-state index in [1.807, 2.05) is 0 Å². The molecule has 20 heavy (non-hydrogen) atoms. The first kappa shape index (κ1) is 19.3. The van der Waals surface area contributed by atoms with Crippen molar-refractivity contribution in [2.45, 2.75) is 70.6 Å². The van der Waals surface area contributed by atoms with Crippen LogP contribution in [0, 0.1) is 5.92 Å². The summed E-state index contributed by atoms with van der Waals surface area (Å²) >= 11 is 4.18. The molecule has 2 N–H and O–H groups in total. The Kier molecular flexibility index (Phi) is 12.8. The summed E-state index contributed by atoms with van der Waals surface area (Å²) in [6, 6.07) is 0. The van der Waals surface area contributed by atoms with Crippen molar-refractivity contribution < 1.29 is 19.8 Å². The molecule has 0 rings (SSSR count). The maximum Gasteiger partial charge on any atom is 0.307 e. The smallest absolute Gasteiger partial charge is 0.307 e. The second-order valence-electron chi connectivity index (χ2n) is 5.33. The SMILES string of the molecule is O=C(O)CC(CCCCCCCCCCCS)C(=O)O. The van der Waals surface area contributed by atoms with Gasteiger partial charge in [0.2, 0.25) is 0 Å². The fraction of sp³-hybridized carbons (Fsp3) is 0.867. The first-order valence-electron chi connectivity index (χ1n) is 7.63. The van der Waals surface area contributed by atoms with E-state index in [1.54, 1.807) is 0 Å². The van der Waals surface area contributed by atoms with E-state index in [9.17, 15) is 9.59 Å². The average Bonchev–Trinajstić information content (AvgIpc) is 2.39. The Hall–Kier alpha value is -0.710. The maximum atomic E-state index is 10.9. The van der Waals surface area contributed by atoms with Crippen LogP contribution in [0.15, 0.2) is 0 Å². The molecule has 1 unspecified atom stereocenters. The van der Waals surface area contributed by atoms with E-state index in [0.717, 1.165) is 25.0 Å². The molecule has 0 aliphatic rings. The number of hydrogen-bond acceptors (Lipinski definition) is 3. The number of carboxylic acids is 2.